The highest BCUT2D eigenvalue weighted by Crippen LogP contribution is 2.33. The van der Waals surface area contributed by atoms with Crippen molar-refractivity contribution in [3.05, 3.63) is 48.2 Å². The molecule has 0 spiro atoms. The van der Waals surface area contributed by atoms with Gasteiger partial charge in [0.2, 0.25) is 0 Å². The van der Waals surface area contributed by atoms with Gasteiger partial charge in [-0.1, -0.05) is 6.07 Å². The van der Waals surface area contributed by atoms with Crippen LogP contribution in [0.3, 0.4) is 0 Å². The molecule has 0 aliphatic carbocycles. The lowest BCUT2D eigenvalue weighted by atomic mass is 10.1. The van der Waals surface area contributed by atoms with E-state index in [9.17, 15) is 4.79 Å². The Morgan fingerprint density at radius 3 is 3.00 bits per heavy atom. The van der Waals surface area contributed by atoms with Crippen LogP contribution in [-0.2, 0) is 11.8 Å². The molecule has 24 heavy (non-hydrogen) atoms. The summed E-state index contributed by atoms with van der Waals surface area (Å²) in [4.78, 5) is 18.1. The Hall–Kier alpha value is -2.67. The van der Waals surface area contributed by atoms with Gasteiger partial charge in [-0.05, 0) is 23.6 Å². The molecule has 124 valence electrons. The summed E-state index contributed by atoms with van der Waals surface area (Å²) >= 11 is 0. The molecular weight excluding hydrogens is 306 g/mol. The molecule has 1 N–H and O–H groups in total. The number of hydrogen-bond donors (Lipinski definition) is 1. The topological polar surface area (TPSA) is 76.0 Å². The lowest BCUT2D eigenvalue weighted by molar-refractivity contribution is 0.0683. The minimum absolute atomic E-state index is 0.00451. The Kier molecular flexibility index (Phi) is 3.57. The van der Waals surface area contributed by atoms with Gasteiger partial charge >= 0.3 is 0 Å². The quantitative estimate of drug-likeness (QED) is 0.798. The number of H-pyrrole nitrogens is 1. The first-order chi connectivity index (χ1) is 11.7. The van der Waals surface area contributed by atoms with E-state index in [0.717, 1.165) is 23.1 Å². The van der Waals surface area contributed by atoms with Gasteiger partial charge in [-0.25, -0.2) is 0 Å². The van der Waals surface area contributed by atoms with Gasteiger partial charge in [0.15, 0.2) is 5.82 Å². The zero-order valence-electron chi connectivity index (χ0n) is 13.6. The summed E-state index contributed by atoms with van der Waals surface area (Å²) in [6, 6.07) is 7.58. The van der Waals surface area contributed by atoms with Crippen molar-refractivity contribution in [1.29, 1.82) is 0 Å². The second kappa shape index (κ2) is 5.76. The van der Waals surface area contributed by atoms with Gasteiger partial charge in [-0.3, -0.25) is 4.79 Å². The fourth-order valence-corrected chi connectivity index (χ4v) is 3.38. The van der Waals surface area contributed by atoms with E-state index in [1.165, 1.54) is 0 Å². The number of rotatable bonds is 3. The van der Waals surface area contributed by atoms with Crippen LogP contribution in [0.2, 0.25) is 0 Å². The fraction of sp³-hybridized carbons (Fsp3) is 0.353. The first-order valence-electron chi connectivity index (χ1n) is 7.92. The van der Waals surface area contributed by atoms with Crippen LogP contribution < -0.4 is 0 Å². The minimum Gasteiger partial charge on any atom is -0.380 e. The van der Waals surface area contributed by atoms with E-state index in [2.05, 4.69) is 15.2 Å². The molecule has 1 aliphatic rings. The highest BCUT2D eigenvalue weighted by atomic mass is 16.5. The number of benzene rings is 1. The molecule has 2 atom stereocenters. The highest BCUT2D eigenvalue weighted by Gasteiger charge is 2.39. The molecule has 1 aliphatic heterocycles. The van der Waals surface area contributed by atoms with Crippen molar-refractivity contribution in [3.63, 3.8) is 0 Å². The number of hydrogen-bond acceptors (Lipinski definition) is 4. The number of ether oxygens (including phenoxy) is 1. The molecule has 1 saturated heterocycles. The van der Waals surface area contributed by atoms with Crippen molar-refractivity contribution in [2.75, 3.05) is 13.7 Å². The van der Waals surface area contributed by atoms with Gasteiger partial charge in [0.25, 0.3) is 5.91 Å². The number of nitrogens with zero attached hydrogens (tertiary/aromatic N) is 4. The van der Waals surface area contributed by atoms with E-state index >= 15 is 0 Å². The molecule has 2 aromatic heterocycles. The van der Waals surface area contributed by atoms with Crippen molar-refractivity contribution in [3.8, 4) is 0 Å². The number of carbonyl (C=O) groups excluding carboxylic acids is 1. The molecule has 7 nitrogen and oxygen atoms in total. The van der Waals surface area contributed by atoms with E-state index in [-0.39, 0.29) is 18.1 Å². The zero-order valence-corrected chi connectivity index (χ0v) is 13.6. The summed E-state index contributed by atoms with van der Waals surface area (Å²) in [5.74, 6) is 0.767. The van der Waals surface area contributed by atoms with Crippen molar-refractivity contribution in [2.45, 2.75) is 18.6 Å². The molecule has 4 rings (SSSR count). The molecule has 0 saturated carbocycles. The number of nitrogens with one attached hydrogen (secondary N) is 1. The lowest BCUT2D eigenvalue weighted by Gasteiger charge is -2.23. The first-order valence-corrected chi connectivity index (χ1v) is 7.92. The normalized spacial score (nSPS) is 20.8. The molecule has 3 aromatic rings. The smallest absolute Gasteiger partial charge is 0.254 e. The van der Waals surface area contributed by atoms with Crippen LogP contribution in [0.5, 0.6) is 0 Å². The minimum atomic E-state index is -0.130. The maximum Gasteiger partial charge on any atom is 0.254 e. The largest absolute Gasteiger partial charge is 0.380 e. The Labute approximate surface area is 139 Å². The maximum absolute atomic E-state index is 13.1. The third kappa shape index (κ3) is 2.37. The SMILES string of the molecule is CO[C@@H]1C[C@@H](c2nncn2C)N(C(=O)c2ccc3cc[nH]c3c2)C1. The first kappa shape index (κ1) is 14.9. The van der Waals surface area contributed by atoms with Crippen LogP contribution in [-0.4, -0.2) is 50.3 Å². The summed E-state index contributed by atoms with van der Waals surface area (Å²) < 4.78 is 7.35. The van der Waals surface area contributed by atoms with E-state index in [0.29, 0.717) is 12.1 Å². The van der Waals surface area contributed by atoms with Crippen LogP contribution in [0.15, 0.2) is 36.8 Å². The Morgan fingerprint density at radius 1 is 1.38 bits per heavy atom. The fourth-order valence-electron chi connectivity index (χ4n) is 3.38. The summed E-state index contributed by atoms with van der Waals surface area (Å²) in [7, 11) is 3.57. The van der Waals surface area contributed by atoms with Crippen LogP contribution in [0.25, 0.3) is 10.9 Å². The lowest BCUT2D eigenvalue weighted by Crippen LogP contribution is -2.33. The molecule has 1 amide bonds. The number of likely N-dealkylation sites (tertiary alicyclic amines) is 1. The summed E-state index contributed by atoms with van der Waals surface area (Å²) in [5, 5.41) is 9.23. The molecule has 7 heteroatoms. The molecule has 1 fully saturated rings. The number of aryl methyl sites for hydroxylation is 1. The van der Waals surface area contributed by atoms with E-state index in [1.54, 1.807) is 13.4 Å². The van der Waals surface area contributed by atoms with E-state index < -0.39 is 0 Å². The number of fused-ring (bicyclic) bond motifs is 1. The Morgan fingerprint density at radius 2 is 2.25 bits per heavy atom. The van der Waals surface area contributed by atoms with E-state index in [1.807, 2.05) is 47.0 Å². The standard InChI is InChI=1S/C17H19N5O2/c1-21-10-19-20-16(21)15-8-13(24-2)9-22(15)17(23)12-4-3-11-5-6-18-14(11)7-12/h3-7,10,13,15,18H,8-9H2,1-2H3/t13-,15+/m1/s1. The Bertz CT molecular complexity index is 884. The van der Waals surface area contributed by atoms with Gasteiger partial charge in [0.1, 0.15) is 6.33 Å². The molecule has 1 aromatic carbocycles. The van der Waals surface area contributed by atoms with Crippen LogP contribution in [0, 0.1) is 0 Å². The summed E-state index contributed by atoms with van der Waals surface area (Å²) in [6.45, 7) is 0.551. The summed E-state index contributed by atoms with van der Waals surface area (Å²) in [5.41, 5.74) is 1.62. The van der Waals surface area contributed by atoms with Gasteiger partial charge in [0.05, 0.1) is 12.1 Å². The van der Waals surface area contributed by atoms with Crippen molar-refractivity contribution < 1.29 is 9.53 Å². The second-order valence-corrected chi connectivity index (χ2v) is 6.15. The predicted molar refractivity (Wildman–Crippen MR) is 88.5 cm³/mol. The van der Waals surface area contributed by atoms with Crippen molar-refractivity contribution >= 4 is 16.8 Å². The monoisotopic (exact) mass is 325 g/mol. The highest BCUT2D eigenvalue weighted by molar-refractivity contribution is 5.98. The molecule has 3 heterocycles. The number of aromatic nitrogens is 4. The van der Waals surface area contributed by atoms with Crippen LogP contribution in [0.1, 0.15) is 28.6 Å². The second-order valence-electron chi connectivity index (χ2n) is 6.15. The van der Waals surface area contributed by atoms with Gasteiger partial charge in [-0.15, -0.1) is 10.2 Å². The number of amides is 1. The third-order valence-corrected chi connectivity index (χ3v) is 4.70. The summed E-state index contributed by atoms with van der Waals surface area (Å²) in [6.07, 6.45) is 4.26. The third-order valence-electron chi connectivity index (χ3n) is 4.70. The number of methoxy groups -OCH3 is 1. The van der Waals surface area contributed by atoms with Crippen molar-refractivity contribution in [2.24, 2.45) is 7.05 Å². The average molecular weight is 325 g/mol. The van der Waals surface area contributed by atoms with Gasteiger partial charge in [0, 0.05) is 44.4 Å². The molecule has 0 unspecified atom stereocenters. The molecule has 0 bridgehead atoms. The van der Waals surface area contributed by atoms with Crippen LogP contribution in [0.4, 0.5) is 0 Å². The zero-order chi connectivity index (χ0) is 16.7. The molecule has 0 radical (unpaired) electrons. The predicted octanol–water partition coefficient (Wildman–Crippen LogP) is 1.90. The van der Waals surface area contributed by atoms with Crippen molar-refractivity contribution in [1.82, 2.24) is 24.6 Å². The average Bonchev–Trinajstić information content (AvgIpc) is 3.31. The maximum atomic E-state index is 13.1. The van der Waals surface area contributed by atoms with Crippen LogP contribution >= 0.6 is 0 Å². The number of aromatic amines is 1. The Balaban J connectivity index is 1.69. The van der Waals surface area contributed by atoms with Gasteiger partial charge < -0.3 is 19.2 Å². The van der Waals surface area contributed by atoms with E-state index in [4.69, 9.17) is 4.74 Å². The molecular formula is C17H19N5O2. The van der Waals surface area contributed by atoms with Gasteiger partial charge in [-0.2, -0.15) is 0 Å². The number of carbonyl (C=O) groups is 1.